The van der Waals surface area contributed by atoms with Crippen LogP contribution in [0.5, 0.6) is 5.75 Å². The fraction of sp³-hybridized carbons (Fsp3) is 0.240. The maximum atomic E-state index is 14.4. The van der Waals surface area contributed by atoms with Crippen molar-refractivity contribution >= 4 is 17.6 Å². The summed E-state index contributed by atoms with van der Waals surface area (Å²) in [7, 11) is 1.22. The van der Waals surface area contributed by atoms with Crippen LogP contribution in [0, 0.1) is 15.9 Å². The van der Waals surface area contributed by atoms with E-state index < -0.39 is 28.7 Å². The Hall–Kier alpha value is -3.45. The second kappa shape index (κ2) is 11.4. The molecule has 0 aliphatic rings. The van der Waals surface area contributed by atoms with Crippen molar-refractivity contribution in [2.75, 3.05) is 7.11 Å². The first-order valence-electron chi connectivity index (χ1n) is 10.3. The number of hydrogen-bond donors (Lipinski definition) is 0. The van der Waals surface area contributed by atoms with Crippen molar-refractivity contribution < 1.29 is 23.6 Å². The molecule has 0 saturated heterocycles. The summed E-state index contributed by atoms with van der Waals surface area (Å²) in [6.45, 7) is 0.315. The third-order valence-corrected chi connectivity index (χ3v) is 5.71. The van der Waals surface area contributed by atoms with Crippen LogP contribution in [0.3, 0.4) is 0 Å². The molecule has 8 heteroatoms. The molecule has 0 aromatic heterocycles. The molecule has 0 fully saturated rings. The summed E-state index contributed by atoms with van der Waals surface area (Å²) in [5, 5.41) is 12.2. The Balaban J connectivity index is 1.91. The van der Waals surface area contributed by atoms with Crippen LogP contribution in [0.2, 0.25) is 5.02 Å². The predicted octanol–water partition coefficient (Wildman–Crippen LogP) is 5.59. The van der Waals surface area contributed by atoms with E-state index >= 15 is 0 Å². The lowest BCUT2D eigenvalue weighted by Crippen LogP contribution is -2.32. The van der Waals surface area contributed by atoms with Gasteiger partial charge in [-0.1, -0.05) is 60.1 Å². The number of ether oxygens (including phenoxy) is 2. The minimum Gasteiger partial charge on any atom is -0.489 e. The number of carbonyl (C=O) groups excluding carboxylic acids is 1. The number of carbonyl (C=O) groups is 1. The summed E-state index contributed by atoms with van der Waals surface area (Å²) in [4.78, 5) is 23.7. The molecule has 0 spiro atoms. The lowest BCUT2D eigenvalue weighted by molar-refractivity contribution is -0.526. The molecule has 3 rings (SSSR count). The molecule has 0 saturated carbocycles. The molecule has 0 N–H and O–H groups in total. The Morgan fingerprint density at radius 2 is 1.82 bits per heavy atom. The lowest BCUT2D eigenvalue weighted by Gasteiger charge is -2.22. The SMILES string of the molecule is COC(=O)C[C@H](c1cccc(OCc2ccccc2)c1)[C@@H](Cc1c(F)cccc1Cl)[N+](=O)[O-]. The van der Waals surface area contributed by atoms with Gasteiger partial charge in [0.1, 0.15) is 18.2 Å². The van der Waals surface area contributed by atoms with E-state index in [2.05, 4.69) is 0 Å². The molecule has 3 aromatic carbocycles. The zero-order chi connectivity index (χ0) is 23.8. The number of nitro groups is 1. The normalized spacial score (nSPS) is 12.6. The van der Waals surface area contributed by atoms with Crippen LogP contribution in [0.15, 0.2) is 72.8 Å². The molecule has 3 aromatic rings. The minimum atomic E-state index is -1.32. The third-order valence-electron chi connectivity index (χ3n) is 5.36. The highest BCUT2D eigenvalue weighted by Crippen LogP contribution is 2.32. The van der Waals surface area contributed by atoms with Gasteiger partial charge in [0.05, 0.1) is 19.4 Å². The number of hydrogen-bond acceptors (Lipinski definition) is 5. The molecule has 0 aliphatic carbocycles. The average molecular weight is 472 g/mol. The fourth-order valence-corrected chi connectivity index (χ4v) is 3.86. The fourth-order valence-electron chi connectivity index (χ4n) is 3.62. The highest BCUT2D eigenvalue weighted by Gasteiger charge is 2.36. The number of halogens is 2. The van der Waals surface area contributed by atoms with Gasteiger partial charge in [-0.05, 0) is 35.4 Å². The van der Waals surface area contributed by atoms with E-state index in [4.69, 9.17) is 21.1 Å². The first-order valence-corrected chi connectivity index (χ1v) is 10.7. The van der Waals surface area contributed by atoms with Gasteiger partial charge in [-0.2, -0.15) is 0 Å². The van der Waals surface area contributed by atoms with E-state index in [0.29, 0.717) is 17.9 Å². The highest BCUT2D eigenvalue weighted by molar-refractivity contribution is 6.31. The van der Waals surface area contributed by atoms with Crippen LogP contribution < -0.4 is 4.74 Å². The van der Waals surface area contributed by atoms with Crippen LogP contribution in [-0.2, 0) is 22.6 Å². The highest BCUT2D eigenvalue weighted by atomic mass is 35.5. The van der Waals surface area contributed by atoms with Gasteiger partial charge in [0.15, 0.2) is 0 Å². The van der Waals surface area contributed by atoms with E-state index in [9.17, 15) is 19.3 Å². The van der Waals surface area contributed by atoms with Gasteiger partial charge in [0, 0.05) is 21.9 Å². The number of nitrogens with zero attached hydrogens (tertiary/aromatic N) is 1. The lowest BCUT2D eigenvalue weighted by atomic mass is 9.85. The number of esters is 1. The molecule has 0 heterocycles. The van der Waals surface area contributed by atoms with Gasteiger partial charge < -0.3 is 9.47 Å². The monoisotopic (exact) mass is 471 g/mol. The van der Waals surface area contributed by atoms with Gasteiger partial charge in [-0.15, -0.1) is 0 Å². The van der Waals surface area contributed by atoms with E-state index in [1.165, 1.54) is 25.3 Å². The van der Waals surface area contributed by atoms with Gasteiger partial charge in [-0.3, -0.25) is 14.9 Å². The minimum absolute atomic E-state index is 0.0345. The smallest absolute Gasteiger partial charge is 0.306 e. The zero-order valence-electron chi connectivity index (χ0n) is 17.9. The number of benzene rings is 3. The molecule has 0 bridgehead atoms. The summed E-state index contributed by atoms with van der Waals surface area (Å²) in [6, 6.07) is 19.1. The maximum absolute atomic E-state index is 14.4. The summed E-state index contributed by atoms with van der Waals surface area (Å²) in [6.07, 6.45) is -0.536. The van der Waals surface area contributed by atoms with Crippen LogP contribution in [0.4, 0.5) is 4.39 Å². The Labute approximate surface area is 196 Å². The van der Waals surface area contributed by atoms with Gasteiger partial charge in [-0.25, -0.2) is 4.39 Å². The predicted molar refractivity (Wildman–Crippen MR) is 122 cm³/mol. The second-order valence-corrected chi connectivity index (χ2v) is 7.90. The van der Waals surface area contributed by atoms with Crippen LogP contribution in [-0.4, -0.2) is 24.0 Å². The zero-order valence-corrected chi connectivity index (χ0v) is 18.7. The summed E-state index contributed by atoms with van der Waals surface area (Å²) in [5.41, 5.74) is 1.51. The van der Waals surface area contributed by atoms with Crippen molar-refractivity contribution in [2.24, 2.45) is 0 Å². The van der Waals surface area contributed by atoms with E-state index in [-0.39, 0.29) is 23.4 Å². The van der Waals surface area contributed by atoms with Crippen molar-refractivity contribution in [3.63, 3.8) is 0 Å². The van der Waals surface area contributed by atoms with Crippen molar-refractivity contribution in [1.82, 2.24) is 0 Å². The quantitative estimate of drug-likeness (QED) is 0.219. The third kappa shape index (κ3) is 6.52. The Bertz CT molecular complexity index is 1090. The Morgan fingerprint density at radius 3 is 2.48 bits per heavy atom. The van der Waals surface area contributed by atoms with Crippen molar-refractivity contribution in [1.29, 1.82) is 0 Å². The van der Waals surface area contributed by atoms with E-state index in [1.54, 1.807) is 24.3 Å². The van der Waals surface area contributed by atoms with E-state index in [1.807, 2.05) is 30.3 Å². The maximum Gasteiger partial charge on any atom is 0.306 e. The summed E-state index contributed by atoms with van der Waals surface area (Å²) in [5.74, 6) is -1.63. The van der Waals surface area contributed by atoms with Gasteiger partial charge in [0.2, 0.25) is 6.04 Å². The van der Waals surface area contributed by atoms with E-state index in [0.717, 1.165) is 5.56 Å². The van der Waals surface area contributed by atoms with Crippen molar-refractivity contribution in [3.8, 4) is 5.75 Å². The molecular formula is C25H23ClFNO5. The van der Waals surface area contributed by atoms with Crippen LogP contribution in [0.25, 0.3) is 0 Å². The topological polar surface area (TPSA) is 78.7 Å². The number of methoxy groups -OCH3 is 1. The largest absolute Gasteiger partial charge is 0.489 e. The first-order chi connectivity index (χ1) is 15.9. The van der Waals surface area contributed by atoms with Crippen molar-refractivity contribution in [3.05, 3.63) is 110 Å². The molecule has 172 valence electrons. The number of rotatable bonds is 10. The van der Waals surface area contributed by atoms with Crippen molar-refractivity contribution in [2.45, 2.75) is 31.4 Å². The molecular weight excluding hydrogens is 449 g/mol. The van der Waals surface area contributed by atoms with Crippen LogP contribution in [0.1, 0.15) is 29.0 Å². The Kier molecular flexibility index (Phi) is 8.38. The Morgan fingerprint density at radius 1 is 1.09 bits per heavy atom. The summed E-state index contributed by atoms with van der Waals surface area (Å²) >= 11 is 6.11. The second-order valence-electron chi connectivity index (χ2n) is 7.49. The molecule has 2 atom stereocenters. The average Bonchev–Trinajstić information content (AvgIpc) is 2.82. The molecule has 0 amide bonds. The first kappa shape index (κ1) is 24.2. The summed E-state index contributed by atoms with van der Waals surface area (Å²) < 4.78 is 25.0. The van der Waals surface area contributed by atoms with Gasteiger partial charge in [0.25, 0.3) is 0 Å². The molecule has 0 aliphatic heterocycles. The van der Waals surface area contributed by atoms with Gasteiger partial charge >= 0.3 is 5.97 Å². The molecule has 6 nitrogen and oxygen atoms in total. The van der Waals surface area contributed by atoms with Crippen LogP contribution >= 0.6 is 11.6 Å². The molecule has 0 radical (unpaired) electrons. The standard InChI is InChI=1S/C25H23ClFNO5/c1-32-25(29)15-20(24(28(30)31)14-21-22(26)11-6-12-23(21)27)18-9-5-10-19(13-18)33-16-17-7-3-2-4-8-17/h2-13,20,24H,14-16H2,1H3/t20-,24-/m1/s1. The molecule has 33 heavy (non-hydrogen) atoms. The molecule has 0 unspecified atom stereocenters.